The Balaban J connectivity index is 1.73. The number of aromatic nitrogens is 1. The van der Waals surface area contributed by atoms with Crippen molar-refractivity contribution in [2.45, 2.75) is 36.0 Å². The molecule has 0 aliphatic heterocycles. The van der Waals surface area contributed by atoms with E-state index in [0.717, 1.165) is 15.7 Å². The molecule has 0 saturated carbocycles. The van der Waals surface area contributed by atoms with Crippen LogP contribution in [-0.2, 0) is 12.2 Å². The maximum Gasteiger partial charge on any atom is 0.103 e. The molecule has 0 saturated heterocycles. The monoisotopic (exact) mass is 324 g/mol. The van der Waals surface area contributed by atoms with Crippen LogP contribution in [0.1, 0.15) is 34.5 Å². The number of nitrogens with one attached hydrogen (secondary N) is 1. The number of thiazole rings is 1. The Kier molecular flexibility index (Phi) is 4.66. The van der Waals surface area contributed by atoms with Crippen LogP contribution in [0.4, 0.5) is 0 Å². The highest BCUT2D eigenvalue weighted by molar-refractivity contribution is 7.98. The third-order valence-electron chi connectivity index (χ3n) is 3.53. The van der Waals surface area contributed by atoms with Gasteiger partial charge in [-0.1, -0.05) is 23.7 Å². The molecule has 1 N–H and O–H groups in total. The van der Waals surface area contributed by atoms with Crippen molar-refractivity contribution >= 4 is 34.7 Å². The molecule has 0 spiro atoms. The van der Waals surface area contributed by atoms with Crippen LogP contribution in [0.3, 0.4) is 0 Å². The highest BCUT2D eigenvalue weighted by Gasteiger charge is 2.23. The Labute approximate surface area is 133 Å². The van der Waals surface area contributed by atoms with Crippen LogP contribution in [0, 0.1) is 0 Å². The lowest BCUT2D eigenvalue weighted by molar-refractivity contribution is 0.489. The summed E-state index contributed by atoms with van der Waals surface area (Å²) < 4.78 is 0. The molecule has 1 aliphatic carbocycles. The molecule has 1 aliphatic rings. The molecule has 3 rings (SSSR count). The maximum absolute atomic E-state index is 6.19. The first-order valence-corrected chi connectivity index (χ1v) is 8.99. The van der Waals surface area contributed by atoms with Crippen LogP contribution in [0.15, 0.2) is 29.2 Å². The summed E-state index contributed by atoms with van der Waals surface area (Å²) in [7, 11) is 2.03. The molecule has 0 fully saturated rings. The molecule has 106 valence electrons. The summed E-state index contributed by atoms with van der Waals surface area (Å²) in [6.45, 7) is 0. The summed E-state index contributed by atoms with van der Waals surface area (Å²) in [4.78, 5) is 7.44. The zero-order chi connectivity index (χ0) is 13.9. The van der Waals surface area contributed by atoms with E-state index in [1.165, 1.54) is 34.8 Å². The van der Waals surface area contributed by atoms with E-state index in [1.807, 2.05) is 36.6 Å². The second-order valence-electron chi connectivity index (χ2n) is 4.87. The number of hydrogen-bond donors (Lipinski definition) is 1. The summed E-state index contributed by atoms with van der Waals surface area (Å²) in [5.41, 5.74) is 1.28. The lowest BCUT2D eigenvalue weighted by atomic mass is 9.98. The van der Waals surface area contributed by atoms with Gasteiger partial charge in [0.15, 0.2) is 0 Å². The Morgan fingerprint density at radius 2 is 2.30 bits per heavy atom. The third-order valence-corrected chi connectivity index (χ3v) is 6.37. The van der Waals surface area contributed by atoms with Gasteiger partial charge in [0.25, 0.3) is 0 Å². The molecule has 5 heteroatoms. The largest absolute Gasteiger partial charge is 0.312 e. The molecule has 1 atom stereocenters. The van der Waals surface area contributed by atoms with Gasteiger partial charge in [0, 0.05) is 9.77 Å². The number of fused-ring (bicyclic) bond motifs is 1. The minimum atomic E-state index is 0.439. The molecule has 1 aromatic heterocycles. The molecule has 1 unspecified atom stereocenters. The lowest BCUT2D eigenvalue weighted by Gasteiger charge is -2.19. The fraction of sp³-hybridized carbons (Fsp3) is 0.400. The van der Waals surface area contributed by atoms with Crippen LogP contribution < -0.4 is 5.32 Å². The number of halogens is 1. The van der Waals surface area contributed by atoms with E-state index in [4.69, 9.17) is 16.6 Å². The average Bonchev–Trinajstić information content (AvgIpc) is 2.89. The van der Waals surface area contributed by atoms with E-state index in [9.17, 15) is 0 Å². The molecule has 1 heterocycles. The van der Waals surface area contributed by atoms with Crippen molar-refractivity contribution in [3.63, 3.8) is 0 Å². The van der Waals surface area contributed by atoms with Crippen LogP contribution in [0.2, 0.25) is 5.02 Å². The van der Waals surface area contributed by atoms with Gasteiger partial charge in [-0.3, -0.25) is 0 Å². The van der Waals surface area contributed by atoms with Gasteiger partial charge in [0.1, 0.15) is 5.01 Å². The number of nitrogens with zero attached hydrogens (tertiary/aromatic N) is 1. The summed E-state index contributed by atoms with van der Waals surface area (Å²) in [6.07, 6.45) is 3.64. The first-order chi connectivity index (χ1) is 9.78. The van der Waals surface area contributed by atoms with Crippen molar-refractivity contribution in [2.75, 3.05) is 7.05 Å². The van der Waals surface area contributed by atoms with Crippen molar-refractivity contribution in [3.8, 4) is 0 Å². The van der Waals surface area contributed by atoms with Gasteiger partial charge in [-0.25, -0.2) is 4.98 Å². The Morgan fingerprint density at radius 1 is 1.45 bits per heavy atom. The minimum absolute atomic E-state index is 0.439. The van der Waals surface area contributed by atoms with E-state index in [2.05, 4.69) is 11.4 Å². The molecule has 20 heavy (non-hydrogen) atoms. The molecule has 0 amide bonds. The second kappa shape index (κ2) is 6.48. The predicted molar refractivity (Wildman–Crippen MR) is 87.9 cm³/mol. The molecule has 0 bridgehead atoms. The highest BCUT2D eigenvalue weighted by atomic mass is 35.5. The SMILES string of the molecule is CNC1CCCc2sc(CSc3ccccc3Cl)nc21. The highest BCUT2D eigenvalue weighted by Crippen LogP contribution is 2.36. The van der Waals surface area contributed by atoms with Gasteiger partial charge in [0.2, 0.25) is 0 Å². The smallest absolute Gasteiger partial charge is 0.103 e. The fourth-order valence-corrected chi connectivity index (χ4v) is 4.92. The zero-order valence-corrected chi connectivity index (χ0v) is 13.7. The van der Waals surface area contributed by atoms with E-state index in [-0.39, 0.29) is 0 Å². The van der Waals surface area contributed by atoms with Gasteiger partial charge >= 0.3 is 0 Å². The van der Waals surface area contributed by atoms with Gasteiger partial charge in [-0.05, 0) is 38.4 Å². The first-order valence-electron chi connectivity index (χ1n) is 6.81. The number of hydrogen-bond acceptors (Lipinski definition) is 4. The number of rotatable bonds is 4. The first kappa shape index (κ1) is 14.4. The summed E-state index contributed by atoms with van der Waals surface area (Å²) >= 11 is 9.82. The van der Waals surface area contributed by atoms with E-state index >= 15 is 0 Å². The van der Waals surface area contributed by atoms with Crippen molar-refractivity contribution < 1.29 is 0 Å². The summed E-state index contributed by atoms with van der Waals surface area (Å²) in [5.74, 6) is 0.901. The molecular weight excluding hydrogens is 308 g/mol. The molecule has 0 radical (unpaired) electrons. The Morgan fingerprint density at radius 3 is 3.10 bits per heavy atom. The summed E-state index contributed by atoms with van der Waals surface area (Å²) in [5, 5.41) is 5.41. The van der Waals surface area contributed by atoms with E-state index < -0.39 is 0 Å². The topological polar surface area (TPSA) is 24.9 Å². The Bertz CT molecular complexity index is 597. The standard InChI is InChI=1S/C15H17ClN2S2/c1-17-11-6-4-8-13-15(11)18-14(20-13)9-19-12-7-3-2-5-10(12)16/h2-3,5,7,11,17H,4,6,8-9H2,1H3. The van der Waals surface area contributed by atoms with Crippen LogP contribution in [-0.4, -0.2) is 12.0 Å². The quantitative estimate of drug-likeness (QED) is 0.826. The van der Waals surface area contributed by atoms with E-state index in [0.29, 0.717) is 6.04 Å². The van der Waals surface area contributed by atoms with Gasteiger partial charge < -0.3 is 5.32 Å². The zero-order valence-electron chi connectivity index (χ0n) is 11.4. The average molecular weight is 325 g/mol. The van der Waals surface area contributed by atoms with Crippen molar-refractivity contribution in [1.29, 1.82) is 0 Å². The van der Waals surface area contributed by atoms with Crippen LogP contribution in [0.5, 0.6) is 0 Å². The normalized spacial score (nSPS) is 18.0. The summed E-state index contributed by atoms with van der Waals surface area (Å²) in [6, 6.07) is 8.43. The van der Waals surface area contributed by atoms with Crippen LogP contribution >= 0.6 is 34.7 Å². The van der Waals surface area contributed by atoms with Crippen LogP contribution in [0.25, 0.3) is 0 Å². The predicted octanol–water partition coefficient (Wildman–Crippen LogP) is 4.69. The van der Waals surface area contributed by atoms with Gasteiger partial charge in [0.05, 0.1) is 22.5 Å². The van der Waals surface area contributed by atoms with Crippen molar-refractivity contribution in [3.05, 3.63) is 44.9 Å². The number of thioether (sulfide) groups is 1. The Hall–Kier alpha value is -0.550. The maximum atomic E-state index is 6.19. The molecule has 2 nitrogen and oxygen atoms in total. The molecular formula is C15H17ClN2S2. The minimum Gasteiger partial charge on any atom is -0.312 e. The number of aryl methyl sites for hydroxylation is 1. The lowest BCUT2D eigenvalue weighted by Crippen LogP contribution is -2.21. The van der Waals surface area contributed by atoms with Gasteiger partial charge in [-0.15, -0.1) is 23.1 Å². The molecule has 2 aromatic rings. The van der Waals surface area contributed by atoms with Crippen molar-refractivity contribution in [1.82, 2.24) is 10.3 Å². The fourth-order valence-electron chi connectivity index (χ4n) is 2.51. The van der Waals surface area contributed by atoms with Crippen molar-refractivity contribution in [2.24, 2.45) is 0 Å². The van der Waals surface area contributed by atoms with Gasteiger partial charge in [-0.2, -0.15) is 0 Å². The number of benzene rings is 1. The molecule has 1 aromatic carbocycles. The third kappa shape index (κ3) is 3.03. The van der Waals surface area contributed by atoms with E-state index in [1.54, 1.807) is 11.8 Å². The second-order valence-corrected chi connectivity index (χ2v) is 7.46.